The summed E-state index contributed by atoms with van der Waals surface area (Å²) in [7, 11) is 1.96. The fourth-order valence-corrected chi connectivity index (χ4v) is 3.23. The van der Waals surface area contributed by atoms with Crippen molar-refractivity contribution in [3.63, 3.8) is 0 Å². The van der Waals surface area contributed by atoms with Gasteiger partial charge in [-0.1, -0.05) is 31.4 Å². The van der Waals surface area contributed by atoms with Gasteiger partial charge in [-0.15, -0.1) is 0 Å². The third kappa shape index (κ3) is 4.09. The van der Waals surface area contributed by atoms with Crippen LogP contribution in [0.3, 0.4) is 0 Å². The molecule has 0 saturated heterocycles. The second-order valence-corrected chi connectivity index (χ2v) is 6.78. The highest BCUT2D eigenvalue weighted by Crippen LogP contribution is 2.18. The van der Waals surface area contributed by atoms with Crippen LogP contribution in [0.15, 0.2) is 30.5 Å². The van der Waals surface area contributed by atoms with Crippen molar-refractivity contribution in [1.82, 2.24) is 20.2 Å². The first-order valence-corrected chi connectivity index (χ1v) is 8.85. The molecule has 1 amide bonds. The molecule has 24 heavy (non-hydrogen) atoms. The van der Waals surface area contributed by atoms with E-state index >= 15 is 0 Å². The minimum atomic E-state index is -0.180. The summed E-state index contributed by atoms with van der Waals surface area (Å²) in [6.45, 7) is 2.56. The Morgan fingerprint density at radius 2 is 1.96 bits per heavy atom. The van der Waals surface area contributed by atoms with E-state index in [0.717, 1.165) is 29.6 Å². The zero-order valence-electron chi connectivity index (χ0n) is 14.5. The Morgan fingerprint density at radius 3 is 2.71 bits per heavy atom. The lowest BCUT2D eigenvalue weighted by molar-refractivity contribution is -0.126. The number of hydrogen-bond donors (Lipinski definition) is 1. The molecule has 3 rings (SSSR count). The minimum Gasteiger partial charge on any atom is -0.352 e. The van der Waals surface area contributed by atoms with Crippen LogP contribution in [0.25, 0.3) is 11.0 Å². The summed E-state index contributed by atoms with van der Waals surface area (Å²) in [5, 5.41) is 3.20. The van der Waals surface area contributed by atoms with E-state index in [1.54, 1.807) is 6.20 Å². The zero-order valence-corrected chi connectivity index (χ0v) is 14.5. The van der Waals surface area contributed by atoms with E-state index in [2.05, 4.69) is 15.3 Å². The molecule has 5 nitrogen and oxygen atoms in total. The van der Waals surface area contributed by atoms with Crippen molar-refractivity contribution in [2.45, 2.75) is 57.7 Å². The van der Waals surface area contributed by atoms with Crippen molar-refractivity contribution >= 4 is 16.9 Å². The first-order chi connectivity index (χ1) is 11.6. The van der Waals surface area contributed by atoms with Crippen LogP contribution in [0.1, 0.15) is 44.7 Å². The molecule has 1 aromatic carbocycles. The maximum atomic E-state index is 12.5. The van der Waals surface area contributed by atoms with E-state index in [4.69, 9.17) is 0 Å². The van der Waals surface area contributed by atoms with Gasteiger partial charge in [-0.25, -0.2) is 4.98 Å². The Bertz CT molecular complexity index is 697. The number of nitrogens with one attached hydrogen (secondary N) is 1. The van der Waals surface area contributed by atoms with E-state index < -0.39 is 0 Å². The molecule has 5 heteroatoms. The van der Waals surface area contributed by atoms with E-state index in [1.165, 1.54) is 19.3 Å². The predicted octanol–water partition coefficient (Wildman–Crippen LogP) is 2.90. The standard InChI is InChI=1S/C19H26N4O/c1-14(19(24)22-15-8-4-3-5-9-15)23(2)13-16-12-20-17-10-6-7-11-18(17)21-16/h6-7,10-12,14-15H,3-5,8-9,13H2,1-2H3,(H,22,24)/t14-/m1/s1. The number of hydrogen-bond acceptors (Lipinski definition) is 4. The topological polar surface area (TPSA) is 58.1 Å². The number of benzene rings is 1. The number of rotatable bonds is 5. The summed E-state index contributed by atoms with van der Waals surface area (Å²) in [6, 6.07) is 8.01. The molecule has 2 aromatic rings. The van der Waals surface area contributed by atoms with Crippen molar-refractivity contribution in [3.05, 3.63) is 36.2 Å². The fraction of sp³-hybridized carbons (Fsp3) is 0.526. The largest absolute Gasteiger partial charge is 0.352 e. The molecule has 1 heterocycles. The van der Waals surface area contributed by atoms with Crippen molar-refractivity contribution in [2.75, 3.05) is 7.05 Å². The summed E-state index contributed by atoms with van der Waals surface area (Å²) in [5.74, 6) is 0.109. The average molecular weight is 326 g/mol. The third-order valence-corrected chi connectivity index (χ3v) is 4.90. The lowest BCUT2D eigenvalue weighted by atomic mass is 9.95. The molecule has 1 atom stereocenters. The molecular formula is C19H26N4O. The molecule has 0 aliphatic heterocycles. The Morgan fingerprint density at radius 1 is 1.25 bits per heavy atom. The number of likely N-dealkylation sites (N-methyl/N-ethyl adjacent to an activating group) is 1. The Labute approximate surface area is 143 Å². The van der Waals surface area contributed by atoms with E-state index in [1.807, 2.05) is 43.1 Å². The second kappa shape index (κ2) is 7.71. The van der Waals surface area contributed by atoms with Crippen LogP contribution in [0.4, 0.5) is 0 Å². The number of amides is 1. The monoisotopic (exact) mass is 326 g/mol. The van der Waals surface area contributed by atoms with Gasteiger partial charge in [0.25, 0.3) is 0 Å². The lowest BCUT2D eigenvalue weighted by Gasteiger charge is -2.28. The third-order valence-electron chi connectivity index (χ3n) is 4.90. The molecule has 0 bridgehead atoms. The number of carbonyl (C=O) groups excluding carboxylic acids is 1. The molecule has 0 radical (unpaired) electrons. The van der Waals surface area contributed by atoms with Crippen LogP contribution in [-0.2, 0) is 11.3 Å². The highest BCUT2D eigenvalue weighted by atomic mass is 16.2. The number of para-hydroxylation sites is 2. The van der Waals surface area contributed by atoms with Gasteiger partial charge in [0, 0.05) is 12.6 Å². The van der Waals surface area contributed by atoms with Gasteiger partial charge in [0.15, 0.2) is 0 Å². The average Bonchev–Trinajstić information content (AvgIpc) is 2.61. The van der Waals surface area contributed by atoms with Crippen LogP contribution in [-0.4, -0.2) is 39.9 Å². The number of nitrogens with zero attached hydrogens (tertiary/aromatic N) is 3. The molecule has 1 aliphatic carbocycles. The highest BCUT2D eigenvalue weighted by molar-refractivity contribution is 5.81. The molecule has 0 spiro atoms. The van der Waals surface area contributed by atoms with Crippen LogP contribution in [0.2, 0.25) is 0 Å². The van der Waals surface area contributed by atoms with Crippen molar-refractivity contribution < 1.29 is 4.79 Å². The van der Waals surface area contributed by atoms with E-state index in [0.29, 0.717) is 12.6 Å². The highest BCUT2D eigenvalue weighted by Gasteiger charge is 2.22. The van der Waals surface area contributed by atoms with Crippen molar-refractivity contribution in [2.24, 2.45) is 0 Å². The fourth-order valence-electron chi connectivity index (χ4n) is 3.23. The maximum absolute atomic E-state index is 12.5. The first kappa shape index (κ1) is 16.8. The molecular weight excluding hydrogens is 300 g/mol. The normalized spacial score (nSPS) is 17.1. The van der Waals surface area contributed by atoms with Gasteiger partial charge in [0.05, 0.1) is 29.0 Å². The number of fused-ring (bicyclic) bond motifs is 1. The quantitative estimate of drug-likeness (QED) is 0.918. The molecule has 0 unspecified atom stereocenters. The van der Waals surface area contributed by atoms with Gasteiger partial charge >= 0.3 is 0 Å². The first-order valence-electron chi connectivity index (χ1n) is 8.85. The van der Waals surface area contributed by atoms with Gasteiger partial charge in [-0.3, -0.25) is 14.7 Å². The summed E-state index contributed by atoms with van der Waals surface area (Å²) in [5.41, 5.74) is 2.67. The Balaban J connectivity index is 1.59. The zero-order chi connectivity index (χ0) is 16.9. The Hall–Kier alpha value is -2.01. The van der Waals surface area contributed by atoms with Crippen molar-refractivity contribution in [1.29, 1.82) is 0 Å². The maximum Gasteiger partial charge on any atom is 0.237 e. The molecule has 1 saturated carbocycles. The SMILES string of the molecule is C[C@H](C(=O)NC1CCCCC1)N(C)Cc1cnc2ccccc2n1. The summed E-state index contributed by atoms with van der Waals surface area (Å²) >= 11 is 0. The van der Waals surface area contributed by atoms with Gasteiger partial charge in [0.2, 0.25) is 5.91 Å². The number of carbonyl (C=O) groups is 1. The van der Waals surface area contributed by atoms with Gasteiger partial charge < -0.3 is 5.32 Å². The Kier molecular flexibility index (Phi) is 5.41. The minimum absolute atomic E-state index is 0.109. The van der Waals surface area contributed by atoms with Gasteiger partial charge in [-0.2, -0.15) is 0 Å². The van der Waals surface area contributed by atoms with Crippen molar-refractivity contribution in [3.8, 4) is 0 Å². The van der Waals surface area contributed by atoms with Gasteiger partial charge in [0.1, 0.15) is 0 Å². The number of aromatic nitrogens is 2. The summed E-state index contributed by atoms with van der Waals surface area (Å²) < 4.78 is 0. The van der Waals surface area contributed by atoms with Gasteiger partial charge in [-0.05, 0) is 38.9 Å². The predicted molar refractivity (Wildman–Crippen MR) is 95.5 cm³/mol. The van der Waals surface area contributed by atoms with E-state index in [-0.39, 0.29) is 11.9 Å². The van der Waals surface area contributed by atoms with Crippen LogP contribution in [0, 0.1) is 0 Å². The van der Waals surface area contributed by atoms with Crippen LogP contribution in [0.5, 0.6) is 0 Å². The van der Waals surface area contributed by atoms with Crippen LogP contribution < -0.4 is 5.32 Å². The second-order valence-electron chi connectivity index (χ2n) is 6.78. The molecule has 1 aliphatic rings. The van der Waals surface area contributed by atoms with Crippen LogP contribution >= 0.6 is 0 Å². The molecule has 1 N–H and O–H groups in total. The molecule has 128 valence electrons. The smallest absolute Gasteiger partial charge is 0.237 e. The summed E-state index contributed by atoms with van der Waals surface area (Å²) in [6.07, 6.45) is 7.76. The lowest BCUT2D eigenvalue weighted by Crippen LogP contribution is -2.47. The summed E-state index contributed by atoms with van der Waals surface area (Å²) in [4.78, 5) is 23.6. The molecule has 1 fully saturated rings. The van der Waals surface area contributed by atoms with E-state index in [9.17, 15) is 4.79 Å². The molecule has 1 aromatic heterocycles.